The summed E-state index contributed by atoms with van der Waals surface area (Å²) in [5.41, 5.74) is 1.58. The number of ether oxygens (including phenoxy) is 1. The molecule has 1 aliphatic rings. The number of benzene rings is 1. The minimum atomic E-state index is -2.89. The van der Waals surface area contributed by atoms with Gasteiger partial charge in [0.05, 0.1) is 18.7 Å². The lowest BCUT2D eigenvalue weighted by Crippen LogP contribution is -2.30. The van der Waals surface area contributed by atoms with Gasteiger partial charge in [-0.2, -0.15) is 13.9 Å². The minimum Gasteiger partial charge on any atom is -0.435 e. The number of amides is 2. The van der Waals surface area contributed by atoms with E-state index in [1.165, 1.54) is 17.0 Å². The van der Waals surface area contributed by atoms with E-state index in [0.717, 1.165) is 5.56 Å². The lowest BCUT2D eigenvalue weighted by Gasteiger charge is -2.15. The van der Waals surface area contributed by atoms with Gasteiger partial charge < -0.3 is 4.74 Å². The molecule has 0 aliphatic carbocycles. The Bertz CT molecular complexity index is 774. The fourth-order valence-electron chi connectivity index (χ4n) is 2.90. The molecular formula is C17H17F2N3O3. The number of alkyl halides is 2. The highest BCUT2D eigenvalue weighted by Crippen LogP contribution is 2.25. The number of rotatable bonds is 6. The number of carbonyl (C=O) groups excluding carboxylic acids is 2. The Hall–Kier alpha value is -2.77. The van der Waals surface area contributed by atoms with Gasteiger partial charge in [-0.15, -0.1) is 0 Å². The van der Waals surface area contributed by atoms with Crippen LogP contribution in [0.25, 0.3) is 0 Å². The first kappa shape index (κ1) is 17.1. The van der Waals surface area contributed by atoms with E-state index in [9.17, 15) is 18.4 Å². The molecule has 132 valence electrons. The first-order chi connectivity index (χ1) is 11.9. The zero-order chi connectivity index (χ0) is 18.0. The van der Waals surface area contributed by atoms with Crippen molar-refractivity contribution in [3.63, 3.8) is 0 Å². The molecule has 1 aromatic heterocycles. The smallest absolute Gasteiger partial charge is 0.387 e. The van der Waals surface area contributed by atoms with E-state index in [1.54, 1.807) is 30.1 Å². The standard InChI is InChI=1S/C17H17F2N3O3/c1-21-9-12(8-20-21)6-13-7-15(23)22(16(13)24)10-11-2-4-14(5-3-11)25-17(18)19/h2-5,8-9,13,17H,6-7,10H2,1H3/t13-/m1/s1. The molecule has 1 aromatic carbocycles. The Morgan fingerprint density at radius 2 is 1.96 bits per heavy atom. The maximum atomic E-state index is 12.5. The molecule has 25 heavy (non-hydrogen) atoms. The number of aromatic nitrogens is 2. The van der Waals surface area contributed by atoms with Crippen LogP contribution in [-0.2, 0) is 29.6 Å². The lowest BCUT2D eigenvalue weighted by molar-refractivity contribution is -0.140. The molecule has 0 unspecified atom stereocenters. The largest absolute Gasteiger partial charge is 0.435 e. The predicted molar refractivity (Wildman–Crippen MR) is 83.7 cm³/mol. The SMILES string of the molecule is Cn1cc(C[C@@H]2CC(=O)N(Cc3ccc(OC(F)F)cc3)C2=O)cn1. The van der Waals surface area contributed by atoms with Crippen molar-refractivity contribution in [3.05, 3.63) is 47.8 Å². The molecule has 1 atom stereocenters. The van der Waals surface area contributed by atoms with E-state index in [2.05, 4.69) is 9.84 Å². The predicted octanol–water partition coefficient (Wildman–Crippen LogP) is 2.14. The monoisotopic (exact) mass is 349 g/mol. The summed E-state index contributed by atoms with van der Waals surface area (Å²) >= 11 is 0. The van der Waals surface area contributed by atoms with Gasteiger partial charge in [0.2, 0.25) is 11.8 Å². The molecule has 2 amide bonds. The van der Waals surface area contributed by atoms with Crippen molar-refractivity contribution in [1.82, 2.24) is 14.7 Å². The van der Waals surface area contributed by atoms with Crippen LogP contribution < -0.4 is 4.74 Å². The number of imide groups is 1. The first-order valence-electron chi connectivity index (χ1n) is 7.78. The van der Waals surface area contributed by atoms with Gasteiger partial charge in [0.15, 0.2) is 0 Å². The van der Waals surface area contributed by atoms with E-state index >= 15 is 0 Å². The number of halogens is 2. The van der Waals surface area contributed by atoms with Crippen molar-refractivity contribution in [2.45, 2.75) is 26.0 Å². The maximum absolute atomic E-state index is 12.5. The topological polar surface area (TPSA) is 64.4 Å². The summed E-state index contributed by atoms with van der Waals surface area (Å²) in [6.45, 7) is -2.77. The highest BCUT2D eigenvalue weighted by molar-refractivity contribution is 6.03. The fourth-order valence-corrected chi connectivity index (χ4v) is 2.90. The summed E-state index contributed by atoms with van der Waals surface area (Å²) in [5.74, 6) is -0.807. The molecule has 0 N–H and O–H groups in total. The van der Waals surface area contributed by atoms with Crippen molar-refractivity contribution in [3.8, 4) is 5.75 Å². The third-order valence-corrected chi connectivity index (χ3v) is 4.07. The van der Waals surface area contributed by atoms with E-state index in [0.29, 0.717) is 12.0 Å². The van der Waals surface area contributed by atoms with Crippen LogP contribution in [0.3, 0.4) is 0 Å². The Morgan fingerprint density at radius 1 is 1.24 bits per heavy atom. The summed E-state index contributed by atoms with van der Waals surface area (Å²) in [7, 11) is 1.79. The molecule has 0 bridgehead atoms. The number of hydrogen-bond donors (Lipinski definition) is 0. The number of carbonyl (C=O) groups is 2. The van der Waals surface area contributed by atoms with Crippen LogP contribution >= 0.6 is 0 Å². The lowest BCUT2D eigenvalue weighted by atomic mass is 10.0. The molecule has 1 aliphatic heterocycles. The number of likely N-dealkylation sites (tertiary alicyclic amines) is 1. The molecule has 1 saturated heterocycles. The van der Waals surface area contributed by atoms with Gasteiger partial charge in [-0.25, -0.2) is 0 Å². The van der Waals surface area contributed by atoms with E-state index < -0.39 is 12.5 Å². The average molecular weight is 349 g/mol. The second-order valence-electron chi connectivity index (χ2n) is 5.97. The van der Waals surface area contributed by atoms with Crippen LogP contribution in [0, 0.1) is 5.92 Å². The maximum Gasteiger partial charge on any atom is 0.387 e. The average Bonchev–Trinajstić information content (AvgIpc) is 3.07. The molecule has 1 fully saturated rings. The summed E-state index contributed by atoms with van der Waals surface area (Å²) in [6.07, 6.45) is 4.14. The minimum absolute atomic E-state index is 0.0345. The van der Waals surface area contributed by atoms with Crippen LogP contribution in [0.4, 0.5) is 8.78 Å². The van der Waals surface area contributed by atoms with Crippen LogP contribution in [0.1, 0.15) is 17.5 Å². The Kier molecular flexibility index (Phi) is 4.78. The second kappa shape index (κ2) is 7.00. The molecule has 2 aromatic rings. The van der Waals surface area contributed by atoms with E-state index in [4.69, 9.17) is 0 Å². The van der Waals surface area contributed by atoms with Crippen molar-refractivity contribution in [2.24, 2.45) is 13.0 Å². The van der Waals surface area contributed by atoms with Gasteiger partial charge in [-0.1, -0.05) is 12.1 Å². The van der Waals surface area contributed by atoms with Crippen molar-refractivity contribution >= 4 is 11.8 Å². The molecule has 8 heteroatoms. The van der Waals surface area contributed by atoms with Crippen LogP contribution in [-0.4, -0.2) is 33.1 Å². The van der Waals surface area contributed by atoms with Crippen LogP contribution in [0.15, 0.2) is 36.7 Å². The van der Waals surface area contributed by atoms with Gasteiger partial charge in [0.1, 0.15) is 5.75 Å². The van der Waals surface area contributed by atoms with Gasteiger partial charge in [0.25, 0.3) is 0 Å². The summed E-state index contributed by atoms with van der Waals surface area (Å²) < 4.78 is 30.2. The molecule has 0 saturated carbocycles. The molecule has 2 heterocycles. The van der Waals surface area contributed by atoms with Gasteiger partial charge in [0, 0.05) is 19.7 Å². The normalized spacial score (nSPS) is 17.6. The highest BCUT2D eigenvalue weighted by atomic mass is 19.3. The zero-order valence-corrected chi connectivity index (χ0v) is 13.6. The second-order valence-corrected chi connectivity index (χ2v) is 5.97. The zero-order valence-electron chi connectivity index (χ0n) is 13.6. The van der Waals surface area contributed by atoms with Crippen molar-refractivity contribution in [2.75, 3.05) is 0 Å². The third-order valence-electron chi connectivity index (χ3n) is 4.07. The van der Waals surface area contributed by atoms with Gasteiger partial charge in [-0.05, 0) is 29.7 Å². The van der Waals surface area contributed by atoms with E-state index in [1.807, 2.05) is 6.20 Å². The van der Waals surface area contributed by atoms with Crippen LogP contribution in [0.2, 0.25) is 0 Å². The third kappa shape index (κ3) is 4.01. The van der Waals surface area contributed by atoms with Crippen molar-refractivity contribution in [1.29, 1.82) is 0 Å². The van der Waals surface area contributed by atoms with Crippen LogP contribution in [0.5, 0.6) is 5.75 Å². The molecule has 3 rings (SSSR count). The Morgan fingerprint density at radius 3 is 2.56 bits per heavy atom. The molecular weight excluding hydrogens is 332 g/mol. The summed E-state index contributed by atoms with van der Waals surface area (Å²) in [5, 5.41) is 4.06. The van der Waals surface area contributed by atoms with E-state index in [-0.39, 0.29) is 30.5 Å². The molecule has 0 spiro atoms. The number of hydrogen-bond acceptors (Lipinski definition) is 4. The van der Waals surface area contributed by atoms with Gasteiger partial charge >= 0.3 is 6.61 Å². The fraction of sp³-hybridized carbons (Fsp3) is 0.353. The summed E-state index contributed by atoms with van der Waals surface area (Å²) in [6, 6.07) is 5.90. The Labute approximate surface area is 143 Å². The van der Waals surface area contributed by atoms with Gasteiger partial charge in [-0.3, -0.25) is 19.2 Å². The Balaban J connectivity index is 1.64. The molecule has 0 radical (unpaired) electrons. The highest BCUT2D eigenvalue weighted by Gasteiger charge is 2.38. The molecule has 6 nitrogen and oxygen atoms in total. The number of aryl methyl sites for hydroxylation is 1. The number of nitrogens with zero attached hydrogens (tertiary/aromatic N) is 3. The first-order valence-corrected chi connectivity index (χ1v) is 7.78. The summed E-state index contributed by atoms with van der Waals surface area (Å²) in [4.78, 5) is 25.9. The quantitative estimate of drug-likeness (QED) is 0.750. The van der Waals surface area contributed by atoms with Crippen molar-refractivity contribution < 1.29 is 23.1 Å².